The molecule has 6 nitrogen and oxygen atoms in total. The molecule has 2 N–H and O–H groups in total. The lowest BCUT2D eigenvalue weighted by molar-refractivity contribution is -0.136. The Morgan fingerprint density at radius 1 is 1.25 bits per heavy atom. The molecule has 2 aliphatic heterocycles. The number of nitrogens with zero attached hydrogens (tertiary/aromatic N) is 2. The van der Waals surface area contributed by atoms with Crippen molar-refractivity contribution in [1.82, 2.24) is 20.4 Å². The molecule has 28 heavy (non-hydrogen) atoms. The van der Waals surface area contributed by atoms with Crippen LogP contribution in [0.1, 0.15) is 52.0 Å². The zero-order valence-corrected chi connectivity index (χ0v) is 17.4. The first kappa shape index (κ1) is 20.6. The molecular formula is C22H34N4O2. The average Bonchev–Trinajstić information content (AvgIpc) is 2.97. The Kier molecular flexibility index (Phi) is 6.60. The Morgan fingerprint density at radius 2 is 1.93 bits per heavy atom. The Hall–Kier alpha value is -2.08. The van der Waals surface area contributed by atoms with Crippen molar-refractivity contribution in [3.05, 3.63) is 35.9 Å². The number of rotatable bonds is 6. The number of carbonyl (C=O) groups excluding carboxylic acids is 2. The van der Waals surface area contributed by atoms with Crippen LogP contribution in [0.15, 0.2) is 30.3 Å². The van der Waals surface area contributed by atoms with Crippen LogP contribution in [-0.2, 0) is 11.2 Å². The molecule has 2 atom stereocenters. The molecule has 3 amide bonds. The van der Waals surface area contributed by atoms with E-state index in [2.05, 4.69) is 48.4 Å². The first-order chi connectivity index (χ1) is 13.5. The largest absolute Gasteiger partial charge is 0.338 e. The molecule has 0 aromatic heterocycles. The van der Waals surface area contributed by atoms with Crippen molar-refractivity contribution < 1.29 is 9.59 Å². The van der Waals surface area contributed by atoms with Crippen LogP contribution in [0.5, 0.6) is 0 Å². The van der Waals surface area contributed by atoms with Gasteiger partial charge in [-0.1, -0.05) is 44.2 Å². The summed E-state index contributed by atoms with van der Waals surface area (Å²) in [5.41, 5.74) is 0.832. The minimum atomic E-state index is -0.340. The Labute approximate surface area is 168 Å². The summed E-state index contributed by atoms with van der Waals surface area (Å²) in [6, 6.07) is 10.2. The molecule has 0 aliphatic carbocycles. The summed E-state index contributed by atoms with van der Waals surface area (Å²) in [4.78, 5) is 29.6. The molecule has 6 heteroatoms. The summed E-state index contributed by atoms with van der Waals surface area (Å²) in [5, 5.41) is 6.65. The van der Waals surface area contributed by atoms with Gasteiger partial charge in [0, 0.05) is 38.5 Å². The van der Waals surface area contributed by atoms with Crippen molar-refractivity contribution in [3.8, 4) is 0 Å². The summed E-state index contributed by atoms with van der Waals surface area (Å²) in [7, 11) is 0. The molecule has 1 aromatic carbocycles. The van der Waals surface area contributed by atoms with Crippen molar-refractivity contribution in [1.29, 1.82) is 0 Å². The maximum Gasteiger partial charge on any atom is 0.317 e. The summed E-state index contributed by atoms with van der Waals surface area (Å²) in [5.74, 6) is 0.196. The van der Waals surface area contributed by atoms with Crippen molar-refractivity contribution in [3.63, 3.8) is 0 Å². The van der Waals surface area contributed by atoms with Crippen LogP contribution in [0, 0.1) is 0 Å². The molecule has 1 spiro atoms. The third kappa shape index (κ3) is 4.17. The highest BCUT2D eigenvalue weighted by Crippen LogP contribution is 2.35. The van der Waals surface area contributed by atoms with Crippen molar-refractivity contribution in [2.75, 3.05) is 19.6 Å². The van der Waals surface area contributed by atoms with E-state index in [1.165, 1.54) is 5.56 Å². The molecule has 2 heterocycles. The zero-order chi connectivity index (χ0) is 20.1. The van der Waals surface area contributed by atoms with Crippen LogP contribution < -0.4 is 10.6 Å². The molecule has 1 aromatic rings. The van der Waals surface area contributed by atoms with E-state index < -0.39 is 0 Å². The highest BCUT2D eigenvalue weighted by Gasteiger charge is 2.52. The monoisotopic (exact) mass is 386 g/mol. The minimum absolute atomic E-state index is 0.0111. The quantitative estimate of drug-likeness (QED) is 0.790. The van der Waals surface area contributed by atoms with E-state index in [1.54, 1.807) is 0 Å². The van der Waals surface area contributed by atoms with Crippen molar-refractivity contribution in [2.24, 2.45) is 0 Å². The molecule has 0 radical (unpaired) electrons. The van der Waals surface area contributed by atoms with Gasteiger partial charge in [0.1, 0.15) is 0 Å². The number of benzene rings is 1. The predicted octanol–water partition coefficient (Wildman–Crippen LogP) is 2.74. The van der Waals surface area contributed by atoms with Crippen LogP contribution in [0.4, 0.5) is 4.79 Å². The van der Waals surface area contributed by atoms with Gasteiger partial charge in [0.2, 0.25) is 5.91 Å². The van der Waals surface area contributed by atoms with Crippen molar-refractivity contribution in [2.45, 2.75) is 70.6 Å². The van der Waals surface area contributed by atoms with Gasteiger partial charge in [0.15, 0.2) is 0 Å². The summed E-state index contributed by atoms with van der Waals surface area (Å²) >= 11 is 0. The van der Waals surface area contributed by atoms with Crippen LogP contribution >= 0.6 is 0 Å². The highest BCUT2D eigenvalue weighted by molar-refractivity contribution is 5.86. The standard InChI is InChI=1S/C22H34N4O2/c1-4-13-23-21(28)25-14-11-22(12-15-25)24-19(16-18-9-7-6-8-10-18)20(27)26(22)17(3)5-2/h6-10,17,19,24H,4-5,11-16H2,1-3H3,(H,23,28)/t17-,19-/m1/s1. The number of nitrogens with one attached hydrogen (secondary N) is 2. The summed E-state index contributed by atoms with van der Waals surface area (Å²) in [6.07, 6.45) is 4.10. The second kappa shape index (κ2) is 8.95. The number of amides is 3. The van der Waals surface area contributed by atoms with E-state index in [0.717, 1.165) is 25.7 Å². The SMILES string of the molecule is CCCNC(=O)N1CCC2(CC1)N[C@H](Cc1ccccc1)C(=O)N2[C@H](C)CC. The topological polar surface area (TPSA) is 64.7 Å². The van der Waals surface area contributed by atoms with Crippen molar-refractivity contribution >= 4 is 11.9 Å². The lowest BCUT2D eigenvalue weighted by atomic mass is 9.94. The second-order valence-electron chi connectivity index (χ2n) is 8.10. The van der Waals surface area contributed by atoms with Crippen LogP contribution in [0.25, 0.3) is 0 Å². The van der Waals surface area contributed by atoms with Gasteiger partial charge in [-0.15, -0.1) is 0 Å². The number of carbonyl (C=O) groups is 2. The van der Waals surface area contributed by atoms with Gasteiger partial charge in [-0.2, -0.15) is 0 Å². The smallest absolute Gasteiger partial charge is 0.317 e. The van der Waals surface area contributed by atoms with Gasteiger partial charge >= 0.3 is 6.03 Å². The molecule has 2 saturated heterocycles. The third-order valence-corrected chi connectivity index (χ3v) is 6.16. The number of urea groups is 1. The normalized spacial score (nSPS) is 22.5. The first-order valence-electron chi connectivity index (χ1n) is 10.7. The summed E-state index contributed by atoms with van der Waals surface area (Å²) in [6.45, 7) is 8.35. The van der Waals surface area contributed by atoms with E-state index in [0.29, 0.717) is 26.1 Å². The second-order valence-corrected chi connectivity index (χ2v) is 8.10. The fourth-order valence-electron chi connectivity index (χ4n) is 4.45. The lowest BCUT2D eigenvalue weighted by Crippen LogP contribution is -2.62. The van der Waals surface area contributed by atoms with E-state index >= 15 is 0 Å². The number of piperidine rings is 1. The Morgan fingerprint density at radius 3 is 2.54 bits per heavy atom. The van der Waals surface area contributed by atoms with Gasteiger partial charge in [-0.25, -0.2) is 4.79 Å². The maximum absolute atomic E-state index is 13.3. The van der Waals surface area contributed by atoms with Gasteiger partial charge < -0.3 is 15.1 Å². The molecule has 0 bridgehead atoms. The maximum atomic E-state index is 13.3. The third-order valence-electron chi connectivity index (χ3n) is 6.16. The fraction of sp³-hybridized carbons (Fsp3) is 0.636. The van der Waals surface area contributed by atoms with E-state index in [1.807, 2.05) is 23.1 Å². The molecule has 0 unspecified atom stereocenters. The molecule has 154 valence electrons. The van der Waals surface area contributed by atoms with E-state index in [9.17, 15) is 9.59 Å². The molecule has 2 aliphatic rings. The molecule has 0 saturated carbocycles. The van der Waals surface area contributed by atoms with Gasteiger partial charge in [-0.3, -0.25) is 10.1 Å². The van der Waals surface area contributed by atoms with Crippen LogP contribution in [0.2, 0.25) is 0 Å². The average molecular weight is 387 g/mol. The van der Waals surface area contributed by atoms with Gasteiger partial charge in [0.25, 0.3) is 0 Å². The predicted molar refractivity (Wildman–Crippen MR) is 111 cm³/mol. The van der Waals surface area contributed by atoms with E-state index in [4.69, 9.17) is 0 Å². The zero-order valence-electron chi connectivity index (χ0n) is 17.4. The Bertz CT molecular complexity index is 670. The van der Waals surface area contributed by atoms with Gasteiger partial charge in [0.05, 0.1) is 11.7 Å². The number of likely N-dealkylation sites (tertiary alicyclic amines) is 1. The summed E-state index contributed by atoms with van der Waals surface area (Å²) < 4.78 is 0. The number of hydrogen-bond donors (Lipinski definition) is 2. The van der Waals surface area contributed by atoms with E-state index in [-0.39, 0.29) is 29.7 Å². The fourth-order valence-corrected chi connectivity index (χ4v) is 4.45. The minimum Gasteiger partial charge on any atom is -0.338 e. The van der Waals surface area contributed by atoms with Gasteiger partial charge in [-0.05, 0) is 31.7 Å². The molecule has 3 rings (SSSR count). The first-order valence-corrected chi connectivity index (χ1v) is 10.7. The molecule has 2 fully saturated rings. The molecular weight excluding hydrogens is 352 g/mol. The highest BCUT2D eigenvalue weighted by atomic mass is 16.2. The lowest BCUT2D eigenvalue weighted by Gasteiger charge is -2.46. The van der Waals surface area contributed by atoms with Crippen LogP contribution in [-0.4, -0.2) is 59.1 Å². The van der Waals surface area contributed by atoms with Crippen LogP contribution in [0.3, 0.4) is 0 Å². The Balaban J connectivity index is 1.73. The number of hydrogen-bond acceptors (Lipinski definition) is 3.